The van der Waals surface area contributed by atoms with Crippen molar-refractivity contribution in [1.29, 1.82) is 0 Å². The van der Waals surface area contributed by atoms with E-state index in [0.29, 0.717) is 12.3 Å². The number of rotatable bonds is 8. The van der Waals surface area contributed by atoms with Gasteiger partial charge in [0.25, 0.3) is 0 Å². The van der Waals surface area contributed by atoms with Crippen LogP contribution in [0.2, 0.25) is 0 Å². The van der Waals surface area contributed by atoms with Crippen molar-refractivity contribution >= 4 is 26.0 Å². The Morgan fingerprint density at radius 2 is 1.79 bits per heavy atom. The summed E-state index contributed by atoms with van der Waals surface area (Å²) in [6.07, 6.45) is 2.96. The highest BCUT2D eigenvalue weighted by molar-refractivity contribution is 9.10. The highest BCUT2D eigenvalue weighted by Crippen LogP contribution is 2.16. The van der Waals surface area contributed by atoms with Gasteiger partial charge in [0, 0.05) is 22.4 Å². The Morgan fingerprint density at radius 3 is 2.38 bits per heavy atom. The molecule has 8 heteroatoms. The monoisotopic (exact) mass is 415 g/mol. The fraction of sp³-hybridized carbons (Fsp3) is 0.312. The molecule has 0 bridgehead atoms. The molecule has 1 atom stereocenters. The van der Waals surface area contributed by atoms with Gasteiger partial charge in [0.2, 0.25) is 0 Å². The summed E-state index contributed by atoms with van der Waals surface area (Å²) in [5.74, 6) is 0.261. The molecule has 0 aliphatic rings. The zero-order chi connectivity index (χ0) is 17.6. The number of nitrogens with zero attached hydrogens (tertiary/aromatic N) is 1. The van der Waals surface area contributed by atoms with E-state index < -0.39 is 22.0 Å². The number of aliphatic hydroxyl groups is 1. The van der Waals surface area contributed by atoms with Crippen molar-refractivity contribution in [2.45, 2.75) is 19.1 Å². The van der Waals surface area contributed by atoms with Crippen LogP contribution in [0.5, 0.6) is 5.75 Å². The van der Waals surface area contributed by atoms with Gasteiger partial charge in [-0.2, -0.15) is 0 Å². The molecule has 2 aromatic rings. The van der Waals surface area contributed by atoms with Crippen molar-refractivity contribution in [3.05, 3.63) is 58.8 Å². The van der Waals surface area contributed by atoms with Gasteiger partial charge in [0.15, 0.2) is 18.9 Å². The first-order valence-corrected chi connectivity index (χ1v) is 9.67. The lowest BCUT2D eigenvalue weighted by atomic mass is 10.2. The molecule has 2 rings (SSSR count). The molecular formula is C16H18BrNO5S. The van der Waals surface area contributed by atoms with Gasteiger partial charge < -0.3 is 14.4 Å². The second-order valence-electron chi connectivity index (χ2n) is 5.33. The Kier molecular flexibility index (Phi) is 6.73. The molecule has 0 saturated heterocycles. The Labute approximate surface area is 149 Å². The van der Waals surface area contributed by atoms with Gasteiger partial charge in [0.1, 0.15) is 18.5 Å². The summed E-state index contributed by atoms with van der Waals surface area (Å²) in [6.45, 7) is 0.501. The number of pyridine rings is 1. The summed E-state index contributed by atoms with van der Waals surface area (Å²) < 4.78 is 40.1. The minimum atomic E-state index is -4.20. The lowest BCUT2D eigenvalue weighted by molar-refractivity contribution is -0.703. The lowest BCUT2D eigenvalue weighted by Gasteiger charge is -2.10. The van der Waals surface area contributed by atoms with E-state index in [1.165, 1.54) is 0 Å². The smallest absolute Gasteiger partial charge is 0.177 e. The number of aromatic nitrogens is 1. The lowest BCUT2D eigenvalue weighted by Crippen LogP contribution is -2.41. The van der Waals surface area contributed by atoms with Crippen molar-refractivity contribution in [2.75, 3.05) is 12.4 Å². The molecule has 0 aliphatic carbocycles. The molecule has 0 saturated carbocycles. The molecule has 0 radical (unpaired) electrons. The molecule has 1 heterocycles. The maximum Gasteiger partial charge on any atom is 0.177 e. The van der Waals surface area contributed by atoms with Crippen LogP contribution in [0.3, 0.4) is 0 Å². The van der Waals surface area contributed by atoms with Gasteiger partial charge >= 0.3 is 0 Å². The van der Waals surface area contributed by atoms with Crippen LogP contribution in [0.1, 0.15) is 5.56 Å². The second kappa shape index (κ2) is 8.57. The van der Waals surface area contributed by atoms with Crippen molar-refractivity contribution in [2.24, 2.45) is 0 Å². The third-order valence-electron chi connectivity index (χ3n) is 3.28. The van der Waals surface area contributed by atoms with E-state index in [4.69, 9.17) is 4.74 Å². The van der Waals surface area contributed by atoms with E-state index in [9.17, 15) is 18.1 Å². The van der Waals surface area contributed by atoms with Crippen LogP contribution in [-0.4, -0.2) is 36.5 Å². The Morgan fingerprint density at radius 1 is 1.17 bits per heavy atom. The fourth-order valence-electron chi connectivity index (χ4n) is 2.04. The molecule has 0 spiro atoms. The topological polar surface area (TPSA) is 90.5 Å². The van der Waals surface area contributed by atoms with Crippen molar-refractivity contribution < 1.29 is 27.4 Å². The summed E-state index contributed by atoms with van der Waals surface area (Å²) in [5, 5.41) is 10.0. The third-order valence-corrected chi connectivity index (χ3v) is 4.51. The SMILES string of the molecule is O=S(=O)([O-])CCc1cc[n+](C[C@@H](O)COc2ccc(Br)cc2)cc1. The van der Waals surface area contributed by atoms with Crippen LogP contribution in [0, 0.1) is 0 Å². The van der Waals surface area contributed by atoms with Gasteiger partial charge in [0.05, 0.1) is 10.1 Å². The quantitative estimate of drug-likeness (QED) is 0.517. The molecule has 0 fully saturated rings. The molecular weight excluding hydrogens is 398 g/mol. The van der Waals surface area contributed by atoms with Crippen LogP contribution < -0.4 is 9.30 Å². The van der Waals surface area contributed by atoms with Crippen LogP contribution in [0.25, 0.3) is 0 Å². The first-order chi connectivity index (χ1) is 11.3. The van der Waals surface area contributed by atoms with E-state index >= 15 is 0 Å². The normalized spacial score (nSPS) is 12.8. The molecule has 1 N–H and O–H groups in total. The Bertz CT molecular complexity index is 747. The minimum Gasteiger partial charge on any atom is -0.748 e. The third kappa shape index (κ3) is 6.96. The van der Waals surface area contributed by atoms with Gasteiger partial charge in [-0.3, -0.25) is 0 Å². The van der Waals surface area contributed by atoms with Crippen molar-refractivity contribution in [1.82, 2.24) is 0 Å². The molecule has 24 heavy (non-hydrogen) atoms. The van der Waals surface area contributed by atoms with E-state index in [2.05, 4.69) is 15.9 Å². The van der Waals surface area contributed by atoms with E-state index in [-0.39, 0.29) is 13.0 Å². The largest absolute Gasteiger partial charge is 0.748 e. The van der Waals surface area contributed by atoms with Crippen LogP contribution >= 0.6 is 15.9 Å². The second-order valence-corrected chi connectivity index (χ2v) is 7.77. The number of aryl methyl sites for hydroxylation is 1. The molecule has 1 aromatic heterocycles. The number of ether oxygens (including phenoxy) is 1. The first-order valence-electron chi connectivity index (χ1n) is 7.30. The van der Waals surface area contributed by atoms with Crippen molar-refractivity contribution in [3.63, 3.8) is 0 Å². The molecule has 130 valence electrons. The zero-order valence-corrected chi connectivity index (χ0v) is 15.2. The molecule has 0 aliphatic heterocycles. The molecule has 0 unspecified atom stereocenters. The maximum atomic E-state index is 10.6. The summed E-state index contributed by atoms with van der Waals surface area (Å²) >= 11 is 3.34. The van der Waals surface area contributed by atoms with E-state index in [0.717, 1.165) is 10.0 Å². The van der Waals surface area contributed by atoms with Gasteiger partial charge in [-0.25, -0.2) is 13.0 Å². The van der Waals surface area contributed by atoms with Crippen LogP contribution in [-0.2, 0) is 23.1 Å². The highest BCUT2D eigenvalue weighted by atomic mass is 79.9. The van der Waals surface area contributed by atoms with E-state index in [1.54, 1.807) is 29.1 Å². The van der Waals surface area contributed by atoms with Gasteiger partial charge in [-0.05, 0) is 36.2 Å². The molecule has 0 amide bonds. The summed E-state index contributed by atoms with van der Waals surface area (Å²) in [6, 6.07) is 10.8. The number of benzene rings is 1. The zero-order valence-electron chi connectivity index (χ0n) is 12.8. The number of hydrogen-bond donors (Lipinski definition) is 1. The summed E-state index contributed by atoms with van der Waals surface area (Å²) in [7, 11) is -4.20. The van der Waals surface area contributed by atoms with Crippen molar-refractivity contribution in [3.8, 4) is 5.75 Å². The number of aliphatic hydroxyl groups excluding tert-OH is 1. The standard InChI is InChI=1S/C16H18BrNO5S/c17-14-1-3-16(4-2-14)23-12-15(19)11-18-8-5-13(6-9-18)7-10-24(20,21)22/h1-6,8-9,15,19H,7,10-12H2/t15-/m1/s1. The fourth-order valence-corrected chi connectivity index (χ4v) is 2.79. The van der Waals surface area contributed by atoms with E-state index in [1.807, 2.05) is 24.3 Å². The molecule has 1 aromatic carbocycles. The highest BCUT2D eigenvalue weighted by Gasteiger charge is 2.12. The molecule has 6 nitrogen and oxygen atoms in total. The number of hydrogen-bond acceptors (Lipinski definition) is 5. The van der Waals surface area contributed by atoms with Gasteiger partial charge in [-0.15, -0.1) is 0 Å². The number of halogens is 1. The maximum absolute atomic E-state index is 10.6. The summed E-state index contributed by atoms with van der Waals surface area (Å²) in [5.41, 5.74) is 0.756. The minimum absolute atomic E-state index is 0.158. The van der Waals surface area contributed by atoms with Gasteiger partial charge in [-0.1, -0.05) is 15.9 Å². The van der Waals surface area contributed by atoms with Crippen LogP contribution in [0.15, 0.2) is 53.3 Å². The average molecular weight is 416 g/mol. The summed E-state index contributed by atoms with van der Waals surface area (Å²) in [4.78, 5) is 0. The Balaban J connectivity index is 1.81. The predicted molar refractivity (Wildman–Crippen MR) is 90.5 cm³/mol. The Hall–Kier alpha value is -1.48. The predicted octanol–water partition coefficient (Wildman–Crippen LogP) is 1.26. The average Bonchev–Trinajstić information content (AvgIpc) is 2.53. The van der Waals surface area contributed by atoms with Crippen LogP contribution in [0.4, 0.5) is 0 Å². The first kappa shape index (κ1) is 18.9.